The van der Waals surface area contributed by atoms with Crippen molar-refractivity contribution in [1.29, 1.82) is 0 Å². The van der Waals surface area contributed by atoms with Gasteiger partial charge in [-0.3, -0.25) is 4.79 Å². The Hall–Kier alpha value is -2.52. The van der Waals surface area contributed by atoms with Crippen LogP contribution in [-0.2, 0) is 18.9 Å². The van der Waals surface area contributed by atoms with Crippen LogP contribution in [-0.4, -0.2) is 70.9 Å². The number of hydrogen-bond acceptors (Lipinski definition) is 8. The lowest BCUT2D eigenvalue weighted by Crippen LogP contribution is -2.31. The summed E-state index contributed by atoms with van der Waals surface area (Å²) in [7, 11) is 0. The first-order chi connectivity index (χ1) is 14.8. The molecule has 4 rings (SSSR count). The van der Waals surface area contributed by atoms with Crippen molar-refractivity contribution in [3.8, 4) is 11.5 Å². The van der Waals surface area contributed by atoms with Gasteiger partial charge in [0.05, 0.1) is 52.9 Å². The van der Waals surface area contributed by atoms with E-state index >= 15 is 0 Å². The van der Waals surface area contributed by atoms with E-state index in [4.69, 9.17) is 23.4 Å². The first kappa shape index (κ1) is 20.7. The number of anilines is 1. The van der Waals surface area contributed by atoms with Crippen molar-refractivity contribution in [2.45, 2.75) is 0 Å². The molecule has 0 radical (unpaired) electrons. The Balaban J connectivity index is 1.52. The van der Waals surface area contributed by atoms with E-state index in [1.54, 1.807) is 6.07 Å². The molecule has 0 N–H and O–H groups in total. The molecule has 1 saturated heterocycles. The smallest absolute Gasteiger partial charge is 0.182 e. The summed E-state index contributed by atoms with van der Waals surface area (Å²) >= 11 is 0. The first-order valence-electron chi connectivity index (χ1n) is 10.2. The SMILES string of the molecule is O=c1ccc2nc3ccc(N4CCOCCOCCOCCOCC4)cc3oc-2c1. The molecule has 1 aromatic carbocycles. The fraction of sp³-hybridized carbons (Fsp3) is 0.455. The second kappa shape index (κ2) is 10.5. The normalized spacial score (nSPS) is 18.2. The highest BCUT2D eigenvalue weighted by molar-refractivity contribution is 5.80. The Morgan fingerprint density at radius 2 is 1.37 bits per heavy atom. The zero-order valence-electron chi connectivity index (χ0n) is 16.9. The Morgan fingerprint density at radius 1 is 0.733 bits per heavy atom. The summed E-state index contributed by atoms with van der Waals surface area (Å²) in [5, 5.41) is 0. The van der Waals surface area contributed by atoms with Crippen molar-refractivity contribution in [3.63, 3.8) is 0 Å². The maximum atomic E-state index is 11.6. The molecule has 30 heavy (non-hydrogen) atoms. The third-order valence-electron chi connectivity index (χ3n) is 4.83. The van der Waals surface area contributed by atoms with Gasteiger partial charge in [-0.25, -0.2) is 4.98 Å². The number of fused-ring (bicyclic) bond motifs is 2. The Kier molecular flexibility index (Phi) is 7.25. The van der Waals surface area contributed by atoms with Gasteiger partial charge in [0.25, 0.3) is 0 Å². The van der Waals surface area contributed by atoms with E-state index in [2.05, 4.69) is 9.88 Å². The number of hydrogen-bond donors (Lipinski definition) is 0. The third kappa shape index (κ3) is 5.54. The molecule has 0 spiro atoms. The van der Waals surface area contributed by atoms with E-state index in [1.165, 1.54) is 12.1 Å². The number of nitrogens with zero attached hydrogens (tertiary/aromatic N) is 2. The van der Waals surface area contributed by atoms with Gasteiger partial charge in [0, 0.05) is 30.9 Å². The van der Waals surface area contributed by atoms with E-state index in [0.29, 0.717) is 83.0 Å². The van der Waals surface area contributed by atoms with Crippen LogP contribution in [0.5, 0.6) is 0 Å². The van der Waals surface area contributed by atoms with Crippen LogP contribution in [0.4, 0.5) is 5.69 Å². The van der Waals surface area contributed by atoms with Crippen LogP contribution in [0.25, 0.3) is 22.6 Å². The highest BCUT2D eigenvalue weighted by atomic mass is 16.6. The number of rotatable bonds is 1. The van der Waals surface area contributed by atoms with Gasteiger partial charge >= 0.3 is 0 Å². The number of aromatic nitrogens is 1. The highest BCUT2D eigenvalue weighted by Crippen LogP contribution is 2.27. The Bertz CT molecular complexity index is 959. The largest absolute Gasteiger partial charge is 0.453 e. The van der Waals surface area contributed by atoms with Crippen molar-refractivity contribution in [2.75, 3.05) is 70.8 Å². The van der Waals surface area contributed by atoms with Crippen molar-refractivity contribution in [1.82, 2.24) is 4.98 Å². The predicted molar refractivity (Wildman–Crippen MR) is 112 cm³/mol. The fourth-order valence-corrected chi connectivity index (χ4v) is 3.27. The second-order valence-corrected chi connectivity index (χ2v) is 6.93. The topological polar surface area (TPSA) is 83.3 Å². The summed E-state index contributed by atoms with van der Waals surface area (Å²) in [6.07, 6.45) is 0. The summed E-state index contributed by atoms with van der Waals surface area (Å²) in [6.45, 7) is 5.88. The van der Waals surface area contributed by atoms with Crippen LogP contribution in [0.3, 0.4) is 0 Å². The summed E-state index contributed by atoms with van der Waals surface area (Å²) in [5.74, 6) is 0.482. The molecule has 2 heterocycles. The molecule has 0 saturated carbocycles. The molecule has 160 valence electrons. The maximum Gasteiger partial charge on any atom is 0.182 e. The quantitative estimate of drug-likeness (QED) is 0.561. The van der Waals surface area contributed by atoms with E-state index in [9.17, 15) is 4.79 Å². The second-order valence-electron chi connectivity index (χ2n) is 6.93. The van der Waals surface area contributed by atoms with Crippen LogP contribution < -0.4 is 10.3 Å². The van der Waals surface area contributed by atoms with E-state index in [1.807, 2.05) is 18.2 Å². The molecule has 1 aromatic rings. The molecule has 8 nitrogen and oxygen atoms in total. The Morgan fingerprint density at radius 3 is 2.03 bits per heavy atom. The van der Waals surface area contributed by atoms with Gasteiger partial charge < -0.3 is 28.3 Å². The molecule has 0 bridgehead atoms. The van der Waals surface area contributed by atoms with E-state index < -0.39 is 0 Å². The molecule has 0 aromatic heterocycles. The van der Waals surface area contributed by atoms with Crippen molar-refractivity contribution >= 4 is 16.8 Å². The zero-order chi connectivity index (χ0) is 20.6. The standard InChI is InChI=1S/C22H26N2O6/c25-18-2-4-20-22(16-18)30-21-15-17(1-3-19(21)23-20)24-5-7-26-9-11-28-13-14-29-12-10-27-8-6-24/h1-4,15-16H,5-14H2. The van der Waals surface area contributed by atoms with Gasteiger partial charge in [-0.2, -0.15) is 0 Å². The summed E-state index contributed by atoms with van der Waals surface area (Å²) < 4.78 is 28.3. The summed E-state index contributed by atoms with van der Waals surface area (Å²) in [5.41, 5.74) is 2.91. The minimum Gasteiger partial charge on any atom is -0.453 e. The number of ether oxygens (including phenoxy) is 4. The van der Waals surface area contributed by atoms with Gasteiger partial charge in [0.15, 0.2) is 16.8 Å². The Labute approximate surface area is 174 Å². The molecule has 1 fully saturated rings. The van der Waals surface area contributed by atoms with Gasteiger partial charge in [-0.15, -0.1) is 0 Å². The average molecular weight is 414 g/mol. The van der Waals surface area contributed by atoms with Gasteiger partial charge in [0.1, 0.15) is 11.2 Å². The zero-order valence-corrected chi connectivity index (χ0v) is 16.9. The minimum absolute atomic E-state index is 0.101. The van der Waals surface area contributed by atoms with Crippen molar-refractivity contribution < 1.29 is 23.4 Å². The monoisotopic (exact) mass is 414 g/mol. The van der Waals surface area contributed by atoms with Crippen LogP contribution in [0.2, 0.25) is 0 Å². The minimum atomic E-state index is -0.101. The summed E-state index contributed by atoms with van der Waals surface area (Å²) in [6, 6.07) is 10.5. The van der Waals surface area contributed by atoms with E-state index in [0.717, 1.165) is 11.2 Å². The lowest BCUT2D eigenvalue weighted by atomic mass is 10.2. The molecule has 0 amide bonds. The lowest BCUT2D eigenvalue weighted by Gasteiger charge is -2.25. The van der Waals surface area contributed by atoms with Crippen LogP contribution in [0.1, 0.15) is 0 Å². The van der Waals surface area contributed by atoms with E-state index in [-0.39, 0.29) is 5.43 Å². The first-order valence-corrected chi connectivity index (χ1v) is 10.2. The number of benzene rings is 2. The highest BCUT2D eigenvalue weighted by Gasteiger charge is 2.13. The van der Waals surface area contributed by atoms with Crippen LogP contribution in [0.15, 0.2) is 45.6 Å². The van der Waals surface area contributed by atoms with Gasteiger partial charge in [0.2, 0.25) is 0 Å². The predicted octanol–water partition coefficient (Wildman–Crippen LogP) is 2.18. The molecule has 8 heteroatoms. The molecule has 3 aliphatic rings. The van der Waals surface area contributed by atoms with Crippen LogP contribution in [0, 0.1) is 0 Å². The van der Waals surface area contributed by atoms with Gasteiger partial charge in [-0.1, -0.05) is 0 Å². The molecular weight excluding hydrogens is 388 g/mol. The molecule has 0 unspecified atom stereocenters. The molecule has 0 atom stereocenters. The lowest BCUT2D eigenvalue weighted by molar-refractivity contribution is 0.00206. The third-order valence-corrected chi connectivity index (χ3v) is 4.83. The molecule has 1 aliphatic carbocycles. The van der Waals surface area contributed by atoms with Crippen LogP contribution >= 0.6 is 0 Å². The van der Waals surface area contributed by atoms with Crippen molar-refractivity contribution in [2.24, 2.45) is 0 Å². The fourth-order valence-electron chi connectivity index (χ4n) is 3.27. The van der Waals surface area contributed by atoms with Gasteiger partial charge in [-0.05, 0) is 24.3 Å². The molecular formula is C22H26N2O6. The molecule has 2 aliphatic heterocycles. The average Bonchev–Trinajstić information content (AvgIpc) is 2.76. The maximum absolute atomic E-state index is 11.6. The van der Waals surface area contributed by atoms with Crippen molar-refractivity contribution in [3.05, 3.63) is 46.6 Å². The summed E-state index contributed by atoms with van der Waals surface area (Å²) in [4.78, 5) is 18.4.